The van der Waals surface area contributed by atoms with Crippen LogP contribution < -0.4 is 10.5 Å². The van der Waals surface area contributed by atoms with Crippen molar-refractivity contribution >= 4 is 11.5 Å². The smallest absolute Gasteiger partial charge is 0.259 e. The van der Waals surface area contributed by atoms with Gasteiger partial charge in [0, 0.05) is 31.4 Å². The average molecular weight is 435 g/mol. The van der Waals surface area contributed by atoms with E-state index in [-0.39, 0.29) is 5.56 Å². The molecule has 1 fully saturated rings. The summed E-state index contributed by atoms with van der Waals surface area (Å²) in [5, 5.41) is 0. The van der Waals surface area contributed by atoms with E-state index >= 15 is 0 Å². The van der Waals surface area contributed by atoms with Crippen LogP contribution in [0.5, 0.6) is 0 Å². The zero-order valence-corrected chi connectivity index (χ0v) is 20.6. The van der Waals surface area contributed by atoms with Crippen molar-refractivity contribution in [1.29, 1.82) is 0 Å². The first-order valence-electron chi connectivity index (χ1n) is 12.0. The van der Waals surface area contributed by atoms with Gasteiger partial charge in [-0.2, -0.15) is 0 Å². The zero-order valence-electron chi connectivity index (χ0n) is 20.6. The Kier molecular flexibility index (Phi) is 8.08. The Hall–Kier alpha value is -2.66. The van der Waals surface area contributed by atoms with Gasteiger partial charge >= 0.3 is 0 Å². The molecule has 0 N–H and O–H groups in total. The van der Waals surface area contributed by atoms with E-state index in [1.165, 1.54) is 11.1 Å². The van der Waals surface area contributed by atoms with E-state index in [2.05, 4.69) is 62.0 Å². The second-order valence-electron chi connectivity index (χ2n) is 8.67. The lowest BCUT2D eigenvalue weighted by Gasteiger charge is -2.35. The molecule has 0 aliphatic carbocycles. The minimum atomic E-state index is -0.0223. The summed E-state index contributed by atoms with van der Waals surface area (Å²) in [5.74, 6) is 0.796. The molecule has 2 aromatic heterocycles. The number of nitrogens with zero attached hydrogens (tertiary/aromatic N) is 4. The summed E-state index contributed by atoms with van der Waals surface area (Å²) in [5.41, 5.74) is 5.55. The summed E-state index contributed by atoms with van der Waals surface area (Å²) in [7, 11) is 4.27. The molecule has 1 aromatic carbocycles. The van der Waals surface area contributed by atoms with Crippen molar-refractivity contribution in [3.8, 4) is 11.1 Å². The van der Waals surface area contributed by atoms with Crippen LogP contribution in [0.4, 0.5) is 5.82 Å². The quantitative estimate of drug-likeness (QED) is 0.555. The minimum Gasteiger partial charge on any atom is -0.356 e. The van der Waals surface area contributed by atoms with Crippen molar-refractivity contribution in [1.82, 2.24) is 14.3 Å². The molecule has 0 spiro atoms. The highest BCUT2D eigenvalue weighted by Crippen LogP contribution is 2.24. The number of aromatic nitrogens is 2. The van der Waals surface area contributed by atoms with Gasteiger partial charge < -0.3 is 9.80 Å². The molecule has 5 nitrogen and oxygen atoms in total. The number of pyridine rings is 1. The number of hydrogen-bond acceptors (Lipinski definition) is 4. The number of hydrogen-bond donors (Lipinski definition) is 0. The van der Waals surface area contributed by atoms with E-state index in [0.717, 1.165) is 55.7 Å². The maximum Gasteiger partial charge on any atom is 0.259 e. The Morgan fingerprint density at radius 1 is 1.03 bits per heavy atom. The summed E-state index contributed by atoms with van der Waals surface area (Å²) < 4.78 is 1.67. The third kappa shape index (κ3) is 5.21. The Morgan fingerprint density at radius 3 is 2.34 bits per heavy atom. The van der Waals surface area contributed by atoms with E-state index in [9.17, 15) is 4.79 Å². The van der Waals surface area contributed by atoms with Crippen LogP contribution in [0.1, 0.15) is 51.2 Å². The van der Waals surface area contributed by atoms with Crippen molar-refractivity contribution in [3.63, 3.8) is 0 Å². The summed E-state index contributed by atoms with van der Waals surface area (Å²) in [6.45, 7) is 10.2. The van der Waals surface area contributed by atoms with Crippen molar-refractivity contribution in [2.24, 2.45) is 0 Å². The monoisotopic (exact) mass is 434 g/mol. The first-order valence-corrected chi connectivity index (χ1v) is 12.0. The zero-order chi connectivity index (χ0) is 23.3. The lowest BCUT2D eigenvalue weighted by molar-refractivity contribution is 0.249. The predicted molar refractivity (Wildman–Crippen MR) is 136 cm³/mol. The molecule has 0 atom stereocenters. The van der Waals surface area contributed by atoms with Crippen LogP contribution in [0.25, 0.3) is 16.8 Å². The molecule has 1 aliphatic heterocycles. The third-order valence-electron chi connectivity index (χ3n) is 6.36. The molecular weight excluding hydrogens is 396 g/mol. The van der Waals surface area contributed by atoms with E-state index < -0.39 is 0 Å². The highest BCUT2D eigenvalue weighted by atomic mass is 16.1. The molecule has 1 saturated heterocycles. The molecule has 172 valence electrons. The van der Waals surface area contributed by atoms with Gasteiger partial charge in [-0.05, 0) is 74.7 Å². The van der Waals surface area contributed by atoms with Crippen LogP contribution >= 0.6 is 0 Å². The molecule has 0 radical (unpaired) electrons. The highest BCUT2D eigenvalue weighted by Gasteiger charge is 2.22. The molecule has 0 unspecified atom stereocenters. The minimum absolute atomic E-state index is 0.0223. The third-order valence-corrected chi connectivity index (χ3v) is 6.36. The highest BCUT2D eigenvalue weighted by molar-refractivity contribution is 5.66. The summed E-state index contributed by atoms with van der Waals surface area (Å²) in [6.07, 6.45) is 6.36. The maximum atomic E-state index is 12.9. The van der Waals surface area contributed by atoms with Gasteiger partial charge in [0.1, 0.15) is 11.5 Å². The number of benzene rings is 1. The second-order valence-corrected chi connectivity index (χ2v) is 8.67. The Labute approximate surface area is 192 Å². The fourth-order valence-corrected chi connectivity index (χ4v) is 4.46. The fraction of sp³-hybridized carbons (Fsp3) is 0.481. The number of piperidine rings is 1. The number of rotatable bonds is 5. The lowest BCUT2D eigenvalue weighted by atomic mass is 9.98. The van der Waals surface area contributed by atoms with Crippen LogP contribution in [0.3, 0.4) is 0 Å². The molecule has 0 bridgehead atoms. The van der Waals surface area contributed by atoms with Gasteiger partial charge in [0.25, 0.3) is 5.56 Å². The summed E-state index contributed by atoms with van der Waals surface area (Å²) in [6, 6.07) is 12.9. The Morgan fingerprint density at radius 2 is 1.72 bits per heavy atom. The number of aryl methyl sites for hydroxylation is 2. The van der Waals surface area contributed by atoms with Crippen molar-refractivity contribution in [3.05, 3.63) is 64.1 Å². The first-order chi connectivity index (χ1) is 15.5. The van der Waals surface area contributed by atoms with Crippen molar-refractivity contribution in [2.45, 2.75) is 59.4 Å². The van der Waals surface area contributed by atoms with Crippen LogP contribution in [-0.2, 0) is 6.42 Å². The van der Waals surface area contributed by atoms with Gasteiger partial charge in [-0.1, -0.05) is 45.4 Å². The molecule has 0 saturated carbocycles. The van der Waals surface area contributed by atoms with Gasteiger partial charge in [0.15, 0.2) is 0 Å². The first kappa shape index (κ1) is 24.0. The van der Waals surface area contributed by atoms with Crippen molar-refractivity contribution in [2.75, 3.05) is 32.1 Å². The van der Waals surface area contributed by atoms with E-state index in [1.807, 2.05) is 26.1 Å². The normalized spacial score (nSPS) is 14.5. The van der Waals surface area contributed by atoms with E-state index in [0.29, 0.717) is 11.7 Å². The van der Waals surface area contributed by atoms with Gasteiger partial charge in [0.2, 0.25) is 0 Å². The molecule has 4 rings (SSSR count). The number of anilines is 1. The summed E-state index contributed by atoms with van der Waals surface area (Å²) in [4.78, 5) is 22.2. The second kappa shape index (κ2) is 10.8. The molecule has 3 heterocycles. The van der Waals surface area contributed by atoms with E-state index in [4.69, 9.17) is 4.98 Å². The van der Waals surface area contributed by atoms with Crippen LogP contribution in [0.15, 0.2) is 47.4 Å². The SMILES string of the molecule is CC.CCCc1ccc(-c2ccc3nc(N4CCC(N(C)C)CC4)cc(=O)n3c2)cc1C. The topological polar surface area (TPSA) is 40.9 Å². The largest absolute Gasteiger partial charge is 0.356 e. The molecule has 32 heavy (non-hydrogen) atoms. The van der Waals surface area contributed by atoms with Crippen LogP contribution in [-0.4, -0.2) is 47.5 Å². The predicted octanol–water partition coefficient (Wildman–Crippen LogP) is 5.18. The standard InChI is InChI=1S/C25H32N4O.C2H6/c1-5-6-19-7-8-20(15-18(19)2)21-9-10-23-26-24(16-25(30)29(23)17-21)28-13-11-22(12-14-28)27(3)4;1-2/h7-10,15-17,22H,5-6,11-14H2,1-4H3;1-2H3. The average Bonchev–Trinajstić information content (AvgIpc) is 2.81. The molecule has 5 heteroatoms. The van der Waals surface area contributed by atoms with Gasteiger partial charge in [-0.15, -0.1) is 0 Å². The van der Waals surface area contributed by atoms with Crippen LogP contribution in [0, 0.1) is 6.92 Å². The maximum absolute atomic E-state index is 12.9. The fourth-order valence-electron chi connectivity index (χ4n) is 4.46. The molecule has 3 aromatic rings. The van der Waals surface area contributed by atoms with Gasteiger partial charge in [0.05, 0.1) is 0 Å². The molecular formula is C27H38N4O. The van der Waals surface area contributed by atoms with E-state index in [1.54, 1.807) is 10.5 Å². The van der Waals surface area contributed by atoms with Gasteiger partial charge in [-0.25, -0.2) is 4.98 Å². The molecule has 0 amide bonds. The lowest BCUT2D eigenvalue weighted by Crippen LogP contribution is -2.42. The summed E-state index contributed by atoms with van der Waals surface area (Å²) >= 11 is 0. The van der Waals surface area contributed by atoms with Crippen LogP contribution in [0.2, 0.25) is 0 Å². The van der Waals surface area contributed by atoms with Crippen molar-refractivity contribution < 1.29 is 0 Å². The molecule has 1 aliphatic rings. The number of fused-ring (bicyclic) bond motifs is 1. The van der Waals surface area contributed by atoms with Gasteiger partial charge in [-0.3, -0.25) is 9.20 Å². The Bertz CT molecular complexity index is 1090. The Balaban J connectivity index is 0.00000141.